The van der Waals surface area contributed by atoms with Gasteiger partial charge >= 0.3 is 0 Å². The Morgan fingerprint density at radius 1 is 1.13 bits per heavy atom. The minimum atomic E-state index is 0.492. The summed E-state index contributed by atoms with van der Waals surface area (Å²) in [6.07, 6.45) is 12.9. The van der Waals surface area contributed by atoms with E-state index in [-0.39, 0.29) is 0 Å². The fourth-order valence-corrected chi connectivity index (χ4v) is 3.14. The van der Waals surface area contributed by atoms with Gasteiger partial charge in [0.05, 0.1) is 0 Å². The highest BCUT2D eigenvalue weighted by atomic mass is 14.2. The highest BCUT2D eigenvalue weighted by Gasteiger charge is 2.11. The van der Waals surface area contributed by atoms with Crippen LogP contribution in [-0.2, 0) is 0 Å². The van der Waals surface area contributed by atoms with Crippen LogP contribution in [0.5, 0.6) is 0 Å². The van der Waals surface area contributed by atoms with Crippen LogP contribution >= 0.6 is 0 Å². The van der Waals surface area contributed by atoms with Gasteiger partial charge in [-0.25, -0.2) is 0 Å². The molecule has 0 aliphatic heterocycles. The number of rotatable bonds is 3. The van der Waals surface area contributed by atoms with E-state index in [0.717, 1.165) is 0 Å². The second kappa shape index (κ2) is 7.78. The van der Waals surface area contributed by atoms with Crippen LogP contribution in [0.4, 0.5) is 0 Å². The molecule has 1 aliphatic rings. The van der Waals surface area contributed by atoms with Gasteiger partial charge in [-0.1, -0.05) is 88.1 Å². The Morgan fingerprint density at radius 3 is 2.57 bits per heavy atom. The standard InChI is InChI=1S/C21H20.C2H6/c1-4-8-16(9-5-2)21-19-11-7-6-10-17(19)14-18-12-15(3)13-20(18)21;1-2/h4-15H,1H2,2-3H3;1-2H3/b9-5-,16-8+;. The van der Waals surface area contributed by atoms with Crippen LogP contribution < -0.4 is 10.4 Å². The molecule has 0 bridgehead atoms. The van der Waals surface area contributed by atoms with Gasteiger partial charge in [0.15, 0.2) is 0 Å². The average Bonchev–Trinajstić information content (AvgIpc) is 2.94. The molecule has 2 aromatic carbocycles. The summed E-state index contributed by atoms with van der Waals surface area (Å²) in [6, 6.07) is 10.9. The molecule has 0 heterocycles. The molecule has 0 fully saturated rings. The average molecular weight is 302 g/mol. The molecule has 1 unspecified atom stereocenters. The Balaban J connectivity index is 0.000000924. The SMILES string of the molecule is C=C/C=C(\C=C/C)c1c2c(cc3ccccc13)=CC(C)C=2.CC. The lowest BCUT2D eigenvalue weighted by Gasteiger charge is -2.09. The van der Waals surface area contributed by atoms with Crippen LogP contribution in [0.1, 0.15) is 33.3 Å². The second-order valence-corrected chi connectivity index (χ2v) is 5.53. The summed E-state index contributed by atoms with van der Waals surface area (Å²) in [7, 11) is 0. The summed E-state index contributed by atoms with van der Waals surface area (Å²) in [5.74, 6) is 0.492. The van der Waals surface area contributed by atoms with Crippen molar-refractivity contribution in [1.82, 2.24) is 0 Å². The summed E-state index contributed by atoms with van der Waals surface area (Å²) >= 11 is 0. The van der Waals surface area contributed by atoms with Crippen LogP contribution in [0.2, 0.25) is 0 Å². The van der Waals surface area contributed by atoms with Crippen LogP contribution in [0.25, 0.3) is 28.5 Å². The van der Waals surface area contributed by atoms with Gasteiger partial charge in [0.1, 0.15) is 0 Å². The molecule has 1 atom stereocenters. The van der Waals surface area contributed by atoms with Crippen molar-refractivity contribution < 1.29 is 0 Å². The summed E-state index contributed by atoms with van der Waals surface area (Å²) in [6.45, 7) is 12.2. The predicted octanol–water partition coefficient (Wildman–Crippen LogP) is 5.22. The van der Waals surface area contributed by atoms with Gasteiger partial charge in [0, 0.05) is 0 Å². The van der Waals surface area contributed by atoms with E-state index in [4.69, 9.17) is 0 Å². The van der Waals surface area contributed by atoms with Crippen LogP contribution in [0.3, 0.4) is 0 Å². The van der Waals surface area contributed by atoms with Gasteiger partial charge in [0.2, 0.25) is 0 Å². The molecule has 1 aliphatic carbocycles. The fraction of sp³-hybridized carbons (Fsp3) is 0.217. The Bertz CT molecular complexity index is 876. The van der Waals surface area contributed by atoms with E-state index >= 15 is 0 Å². The van der Waals surface area contributed by atoms with E-state index < -0.39 is 0 Å². The van der Waals surface area contributed by atoms with Crippen molar-refractivity contribution in [2.45, 2.75) is 27.7 Å². The van der Waals surface area contributed by atoms with Gasteiger partial charge in [-0.05, 0) is 51.3 Å². The zero-order valence-electron chi connectivity index (χ0n) is 14.6. The molecule has 0 amide bonds. The van der Waals surface area contributed by atoms with Crippen LogP contribution in [-0.4, -0.2) is 0 Å². The number of benzene rings is 2. The molecule has 0 saturated heterocycles. The first kappa shape index (κ1) is 17.0. The van der Waals surface area contributed by atoms with E-state index in [9.17, 15) is 0 Å². The normalized spacial score (nSPS) is 16.3. The third-order valence-corrected chi connectivity index (χ3v) is 3.93. The predicted molar refractivity (Wildman–Crippen MR) is 106 cm³/mol. The lowest BCUT2D eigenvalue weighted by molar-refractivity contribution is 1.07. The van der Waals surface area contributed by atoms with Crippen molar-refractivity contribution >= 4 is 28.5 Å². The van der Waals surface area contributed by atoms with Crippen molar-refractivity contribution in [2.75, 3.05) is 0 Å². The van der Waals surface area contributed by atoms with Crippen molar-refractivity contribution in [2.24, 2.45) is 5.92 Å². The molecule has 0 radical (unpaired) electrons. The monoisotopic (exact) mass is 302 g/mol. The molecule has 0 nitrogen and oxygen atoms in total. The van der Waals surface area contributed by atoms with Crippen molar-refractivity contribution in [3.63, 3.8) is 0 Å². The third-order valence-electron chi connectivity index (χ3n) is 3.93. The van der Waals surface area contributed by atoms with E-state index in [2.05, 4.69) is 81.1 Å². The molecule has 118 valence electrons. The Kier molecular flexibility index (Phi) is 5.76. The van der Waals surface area contributed by atoms with Crippen LogP contribution in [0, 0.1) is 5.92 Å². The minimum absolute atomic E-state index is 0.492. The second-order valence-electron chi connectivity index (χ2n) is 5.53. The highest BCUT2D eigenvalue weighted by Crippen LogP contribution is 2.23. The van der Waals surface area contributed by atoms with E-state index in [0.29, 0.717) is 5.92 Å². The van der Waals surface area contributed by atoms with E-state index in [1.165, 1.54) is 32.3 Å². The molecule has 3 rings (SSSR count). The zero-order chi connectivity index (χ0) is 16.8. The summed E-state index contributed by atoms with van der Waals surface area (Å²) in [5.41, 5.74) is 2.54. The summed E-state index contributed by atoms with van der Waals surface area (Å²) < 4.78 is 0. The minimum Gasteiger partial charge on any atom is -0.0990 e. The first-order valence-electron chi connectivity index (χ1n) is 8.46. The Labute approximate surface area is 139 Å². The van der Waals surface area contributed by atoms with Gasteiger partial charge in [-0.15, -0.1) is 0 Å². The van der Waals surface area contributed by atoms with Gasteiger partial charge < -0.3 is 0 Å². The summed E-state index contributed by atoms with van der Waals surface area (Å²) in [4.78, 5) is 0. The van der Waals surface area contributed by atoms with E-state index in [1.807, 2.05) is 19.9 Å². The quantitative estimate of drug-likeness (QED) is 0.682. The molecule has 0 saturated carbocycles. The smallest absolute Gasteiger partial charge is 0.00300 e. The van der Waals surface area contributed by atoms with Gasteiger partial charge in [-0.3, -0.25) is 0 Å². The maximum absolute atomic E-state index is 3.87. The molecule has 0 heteroatoms. The first-order chi connectivity index (χ1) is 11.2. The first-order valence-corrected chi connectivity index (χ1v) is 8.46. The number of fused-ring (bicyclic) bond motifs is 2. The van der Waals surface area contributed by atoms with Crippen molar-refractivity contribution in [3.05, 3.63) is 77.2 Å². The molecular weight excluding hydrogens is 276 g/mol. The van der Waals surface area contributed by atoms with Crippen molar-refractivity contribution in [3.8, 4) is 0 Å². The molecule has 2 aromatic rings. The molecular formula is C23H26. The topological polar surface area (TPSA) is 0 Å². The number of allylic oxidation sites excluding steroid dienone is 5. The Hall–Kier alpha value is -2.34. The Morgan fingerprint density at radius 2 is 1.87 bits per heavy atom. The molecule has 23 heavy (non-hydrogen) atoms. The number of hydrogen-bond donors (Lipinski definition) is 0. The molecule has 0 aromatic heterocycles. The van der Waals surface area contributed by atoms with E-state index in [1.54, 1.807) is 0 Å². The highest BCUT2D eigenvalue weighted by molar-refractivity contribution is 5.97. The van der Waals surface area contributed by atoms with Crippen LogP contribution in [0.15, 0.2) is 61.2 Å². The van der Waals surface area contributed by atoms with Crippen molar-refractivity contribution in [1.29, 1.82) is 0 Å². The van der Waals surface area contributed by atoms with Gasteiger partial charge in [-0.2, -0.15) is 0 Å². The fourth-order valence-electron chi connectivity index (χ4n) is 3.14. The molecule has 0 spiro atoms. The third kappa shape index (κ3) is 3.37. The lowest BCUT2D eigenvalue weighted by atomic mass is 9.94. The number of hydrogen-bond acceptors (Lipinski definition) is 0. The maximum atomic E-state index is 3.87. The zero-order valence-corrected chi connectivity index (χ0v) is 14.6. The largest absolute Gasteiger partial charge is 0.0990 e. The summed E-state index contributed by atoms with van der Waals surface area (Å²) in [5, 5.41) is 5.30. The molecule has 0 N–H and O–H groups in total. The maximum Gasteiger partial charge on any atom is -0.00300 e. The lowest BCUT2D eigenvalue weighted by Crippen LogP contribution is -2.25. The van der Waals surface area contributed by atoms with Gasteiger partial charge in [0.25, 0.3) is 0 Å².